The minimum Gasteiger partial charge on any atom is -0.497 e. The second-order valence-electron chi connectivity index (χ2n) is 4.06. The Kier molecular flexibility index (Phi) is 4.50. The SMILES string of the molecule is COc1cccc(C(=O)NCCc2ccccn2)c1. The number of nitrogens with one attached hydrogen (secondary N) is 1. The van der Waals surface area contributed by atoms with Gasteiger partial charge in [-0.2, -0.15) is 0 Å². The molecule has 0 fully saturated rings. The maximum Gasteiger partial charge on any atom is 0.251 e. The number of carbonyl (C=O) groups excluding carboxylic acids is 1. The number of amides is 1. The van der Waals surface area contributed by atoms with Crippen LogP contribution in [0.5, 0.6) is 5.75 Å². The molecule has 0 spiro atoms. The summed E-state index contributed by atoms with van der Waals surface area (Å²) in [7, 11) is 1.58. The summed E-state index contributed by atoms with van der Waals surface area (Å²) >= 11 is 0. The number of aromatic nitrogens is 1. The summed E-state index contributed by atoms with van der Waals surface area (Å²) < 4.78 is 5.09. The number of nitrogens with zero attached hydrogens (tertiary/aromatic N) is 1. The molecule has 0 radical (unpaired) electrons. The molecule has 4 nitrogen and oxygen atoms in total. The molecule has 1 amide bonds. The Morgan fingerprint density at radius 2 is 2.16 bits per heavy atom. The normalized spacial score (nSPS) is 9.95. The molecule has 0 aliphatic rings. The Balaban J connectivity index is 1.87. The van der Waals surface area contributed by atoms with Gasteiger partial charge < -0.3 is 10.1 Å². The molecule has 0 unspecified atom stereocenters. The highest BCUT2D eigenvalue weighted by molar-refractivity contribution is 5.94. The van der Waals surface area contributed by atoms with Gasteiger partial charge in [0, 0.05) is 30.4 Å². The second-order valence-corrected chi connectivity index (χ2v) is 4.06. The minimum absolute atomic E-state index is 0.102. The summed E-state index contributed by atoms with van der Waals surface area (Å²) in [6, 6.07) is 12.8. The van der Waals surface area contributed by atoms with E-state index in [1.54, 1.807) is 31.5 Å². The van der Waals surface area contributed by atoms with E-state index in [9.17, 15) is 4.79 Å². The van der Waals surface area contributed by atoms with Gasteiger partial charge in [0.05, 0.1) is 7.11 Å². The number of carbonyl (C=O) groups is 1. The van der Waals surface area contributed by atoms with Crippen molar-refractivity contribution in [3.8, 4) is 5.75 Å². The molecule has 1 aromatic carbocycles. The highest BCUT2D eigenvalue weighted by Gasteiger charge is 2.05. The lowest BCUT2D eigenvalue weighted by Gasteiger charge is -2.06. The van der Waals surface area contributed by atoms with Crippen LogP contribution < -0.4 is 10.1 Å². The maximum absolute atomic E-state index is 11.9. The third-order valence-corrected chi connectivity index (χ3v) is 2.72. The van der Waals surface area contributed by atoms with Crippen molar-refractivity contribution in [1.82, 2.24) is 10.3 Å². The lowest BCUT2D eigenvalue weighted by molar-refractivity contribution is 0.0953. The molecule has 2 rings (SSSR count). The highest BCUT2D eigenvalue weighted by atomic mass is 16.5. The van der Waals surface area contributed by atoms with E-state index in [1.807, 2.05) is 24.3 Å². The first-order valence-corrected chi connectivity index (χ1v) is 6.12. The summed E-state index contributed by atoms with van der Waals surface area (Å²) in [6.07, 6.45) is 2.47. The molecule has 0 atom stereocenters. The van der Waals surface area contributed by atoms with Gasteiger partial charge >= 0.3 is 0 Å². The zero-order valence-electron chi connectivity index (χ0n) is 10.8. The van der Waals surface area contributed by atoms with Crippen molar-refractivity contribution in [3.63, 3.8) is 0 Å². The molecule has 0 saturated carbocycles. The van der Waals surface area contributed by atoms with Gasteiger partial charge in [0.25, 0.3) is 5.91 Å². The molecular weight excluding hydrogens is 240 g/mol. The Hall–Kier alpha value is -2.36. The predicted molar refractivity (Wildman–Crippen MR) is 73.3 cm³/mol. The zero-order chi connectivity index (χ0) is 13.5. The van der Waals surface area contributed by atoms with Crippen molar-refractivity contribution >= 4 is 5.91 Å². The molecule has 1 heterocycles. The van der Waals surface area contributed by atoms with Crippen LogP contribution in [0.2, 0.25) is 0 Å². The number of methoxy groups -OCH3 is 1. The molecule has 0 bridgehead atoms. The first-order chi connectivity index (χ1) is 9.29. The zero-order valence-corrected chi connectivity index (χ0v) is 10.8. The van der Waals surface area contributed by atoms with Crippen LogP contribution in [0.1, 0.15) is 16.1 Å². The Morgan fingerprint density at radius 1 is 1.26 bits per heavy atom. The third kappa shape index (κ3) is 3.81. The van der Waals surface area contributed by atoms with Gasteiger partial charge in [0.15, 0.2) is 0 Å². The second kappa shape index (κ2) is 6.54. The maximum atomic E-state index is 11.9. The topological polar surface area (TPSA) is 51.2 Å². The van der Waals surface area contributed by atoms with Crippen molar-refractivity contribution in [2.75, 3.05) is 13.7 Å². The van der Waals surface area contributed by atoms with Crippen molar-refractivity contribution in [2.24, 2.45) is 0 Å². The number of hydrogen-bond acceptors (Lipinski definition) is 3. The molecule has 0 aliphatic heterocycles. The Bertz CT molecular complexity index is 541. The summed E-state index contributed by atoms with van der Waals surface area (Å²) in [6.45, 7) is 0.563. The standard InChI is InChI=1S/C15H16N2O2/c1-19-14-7-4-5-12(11-14)15(18)17-10-8-13-6-2-3-9-16-13/h2-7,9,11H,8,10H2,1H3,(H,17,18). The van der Waals surface area contributed by atoms with Gasteiger partial charge in [-0.3, -0.25) is 9.78 Å². The van der Waals surface area contributed by atoms with Crippen molar-refractivity contribution in [3.05, 3.63) is 59.9 Å². The van der Waals surface area contributed by atoms with E-state index >= 15 is 0 Å². The minimum atomic E-state index is -0.102. The van der Waals surface area contributed by atoms with E-state index in [1.165, 1.54) is 0 Å². The monoisotopic (exact) mass is 256 g/mol. The first kappa shape index (κ1) is 13.1. The summed E-state index contributed by atoms with van der Waals surface area (Å²) in [4.78, 5) is 16.1. The van der Waals surface area contributed by atoms with Crippen LogP contribution in [0, 0.1) is 0 Å². The van der Waals surface area contributed by atoms with E-state index in [4.69, 9.17) is 4.74 Å². The molecule has 19 heavy (non-hydrogen) atoms. The van der Waals surface area contributed by atoms with Crippen LogP contribution >= 0.6 is 0 Å². The lowest BCUT2D eigenvalue weighted by atomic mass is 10.2. The lowest BCUT2D eigenvalue weighted by Crippen LogP contribution is -2.25. The van der Waals surface area contributed by atoms with Crippen molar-refractivity contribution in [2.45, 2.75) is 6.42 Å². The van der Waals surface area contributed by atoms with Crippen molar-refractivity contribution < 1.29 is 9.53 Å². The van der Waals surface area contributed by atoms with E-state index in [0.29, 0.717) is 17.9 Å². The number of hydrogen-bond donors (Lipinski definition) is 1. The van der Waals surface area contributed by atoms with E-state index in [-0.39, 0.29) is 5.91 Å². The molecule has 98 valence electrons. The van der Waals surface area contributed by atoms with Crippen LogP contribution in [0.4, 0.5) is 0 Å². The van der Waals surface area contributed by atoms with E-state index < -0.39 is 0 Å². The summed E-state index contributed by atoms with van der Waals surface area (Å²) in [5.41, 5.74) is 1.56. The van der Waals surface area contributed by atoms with Gasteiger partial charge in [-0.05, 0) is 30.3 Å². The summed E-state index contributed by atoms with van der Waals surface area (Å²) in [5, 5.41) is 2.86. The molecule has 4 heteroatoms. The molecule has 0 saturated heterocycles. The van der Waals surface area contributed by atoms with Gasteiger partial charge in [-0.25, -0.2) is 0 Å². The van der Waals surface area contributed by atoms with Crippen LogP contribution in [0.15, 0.2) is 48.7 Å². The average Bonchev–Trinajstić information content (AvgIpc) is 2.48. The van der Waals surface area contributed by atoms with E-state index in [0.717, 1.165) is 12.1 Å². The van der Waals surface area contributed by atoms with Gasteiger partial charge in [0.1, 0.15) is 5.75 Å². The largest absolute Gasteiger partial charge is 0.497 e. The fraction of sp³-hybridized carbons (Fsp3) is 0.200. The molecular formula is C15H16N2O2. The number of pyridine rings is 1. The van der Waals surface area contributed by atoms with E-state index in [2.05, 4.69) is 10.3 Å². The first-order valence-electron chi connectivity index (χ1n) is 6.12. The summed E-state index contributed by atoms with van der Waals surface area (Å²) in [5.74, 6) is 0.576. The van der Waals surface area contributed by atoms with Gasteiger partial charge in [-0.1, -0.05) is 12.1 Å². The Labute approximate surface area is 112 Å². The molecule has 2 aromatic rings. The fourth-order valence-electron chi connectivity index (χ4n) is 1.72. The number of ether oxygens (including phenoxy) is 1. The Morgan fingerprint density at radius 3 is 2.89 bits per heavy atom. The fourth-order valence-corrected chi connectivity index (χ4v) is 1.72. The predicted octanol–water partition coefficient (Wildman–Crippen LogP) is 2.06. The highest BCUT2D eigenvalue weighted by Crippen LogP contribution is 2.12. The van der Waals surface area contributed by atoms with Crippen LogP contribution in [-0.2, 0) is 6.42 Å². The van der Waals surface area contributed by atoms with Crippen LogP contribution in [0.25, 0.3) is 0 Å². The third-order valence-electron chi connectivity index (χ3n) is 2.72. The average molecular weight is 256 g/mol. The molecule has 1 N–H and O–H groups in total. The van der Waals surface area contributed by atoms with Crippen LogP contribution in [0.3, 0.4) is 0 Å². The van der Waals surface area contributed by atoms with Gasteiger partial charge in [0.2, 0.25) is 0 Å². The quantitative estimate of drug-likeness (QED) is 0.891. The van der Waals surface area contributed by atoms with Crippen molar-refractivity contribution in [1.29, 1.82) is 0 Å². The smallest absolute Gasteiger partial charge is 0.251 e. The molecule has 1 aromatic heterocycles. The van der Waals surface area contributed by atoms with Gasteiger partial charge in [-0.15, -0.1) is 0 Å². The number of benzene rings is 1. The van der Waals surface area contributed by atoms with Crippen LogP contribution in [-0.4, -0.2) is 24.5 Å². The number of rotatable bonds is 5. The molecule has 0 aliphatic carbocycles.